The van der Waals surface area contributed by atoms with Crippen molar-refractivity contribution in [2.24, 2.45) is 11.8 Å². The lowest BCUT2D eigenvalue weighted by molar-refractivity contribution is -0.156. The fraction of sp³-hybridized carbons (Fsp3) is 0.625. The zero-order chi connectivity index (χ0) is 10.0. The van der Waals surface area contributed by atoms with Crippen molar-refractivity contribution < 1.29 is 24.2 Å². The van der Waals surface area contributed by atoms with Gasteiger partial charge in [0.15, 0.2) is 0 Å². The molecule has 13 heavy (non-hydrogen) atoms. The summed E-state index contributed by atoms with van der Waals surface area (Å²) in [5.41, 5.74) is 0. The Bertz CT molecular complexity index is 257. The first-order valence-electron chi connectivity index (χ1n) is 3.91. The van der Waals surface area contributed by atoms with Crippen LogP contribution in [-0.2, 0) is 19.1 Å². The fourth-order valence-corrected chi connectivity index (χ4v) is 1.53. The van der Waals surface area contributed by atoms with Gasteiger partial charge in [-0.1, -0.05) is 0 Å². The maximum Gasteiger partial charge on any atom is 0.317 e. The number of hydrogen-bond acceptors (Lipinski definition) is 4. The molecule has 2 atom stereocenters. The lowest BCUT2D eigenvalue weighted by Gasteiger charge is -2.10. The number of rotatable bonds is 2. The van der Waals surface area contributed by atoms with Crippen LogP contribution < -0.4 is 0 Å². The molecule has 0 aromatic rings. The summed E-state index contributed by atoms with van der Waals surface area (Å²) in [5, 5.41) is 8.69. The van der Waals surface area contributed by atoms with Crippen LogP contribution >= 0.6 is 0 Å². The predicted octanol–water partition coefficient (Wildman–Crippen LogP) is -0.161. The van der Waals surface area contributed by atoms with E-state index in [4.69, 9.17) is 5.11 Å². The second-order valence-corrected chi connectivity index (χ2v) is 2.95. The Morgan fingerprint density at radius 1 is 1.54 bits per heavy atom. The molecule has 0 bridgehead atoms. The van der Waals surface area contributed by atoms with Gasteiger partial charge in [0.25, 0.3) is 0 Å². The van der Waals surface area contributed by atoms with Gasteiger partial charge >= 0.3 is 11.9 Å². The highest BCUT2D eigenvalue weighted by Gasteiger charge is 2.44. The average Bonchev–Trinajstić information content (AvgIpc) is 2.46. The summed E-state index contributed by atoms with van der Waals surface area (Å²) in [7, 11) is 1.15. The van der Waals surface area contributed by atoms with E-state index in [1.807, 2.05) is 0 Å². The molecule has 0 unspecified atom stereocenters. The van der Waals surface area contributed by atoms with E-state index in [2.05, 4.69) is 4.74 Å². The summed E-state index contributed by atoms with van der Waals surface area (Å²) in [6.07, 6.45) is 0.380. The van der Waals surface area contributed by atoms with E-state index in [0.29, 0.717) is 0 Å². The van der Waals surface area contributed by atoms with Gasteiger partial charge in [0.2, 0.25) is 0 Å². The van der Waals surface area contributed by atoms with E-state index >= 15 is 0 Å². The quantitative estimate of drug-likeness (QED) is 0.478. The van der Waals surface area contributed by atoms with Gasteiger partial charge in [0.1, 0.15) is 11.7 Å². The van der Waals surface area contributed by atoms with Crippen LogP contribution in [-0.4, -0.2) is 29.9 Å². The molecular formula is C8H10O5. The van der Waals surface area contributed by atoms with E-state index in [-0.39, 0.29) is 18.6 Å². The minimum absolute atomic E-state index is 0.150. The van der Waals surface area contributed by atoms with Crippen LogP contribution in [0.25, 0.3) is 0 Å². The van der Waals surface area contributed by atoms with Crippen LogP contribution in [0.2, 0.25) is 0 Å². The number of methoxy groups -OCH3 is 1. The van der Waals surface area contributed by atoms with Gasteiger partial charge in [-0.3, -0.25) is 14.4 Å². The van der Waals surface area contributed by atoms with Crippen LogP contribution in [0.4, 0.5) is 0 Å². The summed E-state index contributed by atoms with van der Waals surface area (Å²) in [6, 6.07) is 0. The zero-order valence-electron chi connectivity index (χ0n) is 7.15. The molecule has 1 saturated carbocycles. The van der Waals surface area contributed by atoms with Crippen molar-refractivity contribution in [3.05, 3.63) is 0 Å². The second kappa shape index (κ2) is 3.55. The van der Waals surface area contributed by atoms with Crippen molar-refractivity contribution in [3.8, 4) is 0 Å². The molecule has 1 aliphatic rings. The summed E-state index contributed by atoms with van der Waals surface area (Å²) in [5.74, 6) is -4.18. The Labute approximate surface area is 74.7 Å². The zero-order valence-corrected chi connectivity index (χ0v) is 7.15. The number of esters is 1. The number of carbonyl (C=O) groups is 3. The first kappa shape index (κ1) is 9.70. The van der Waals surface area contributed by atoms with Crippen molar-refractivity contribution in [3.63, 3.8) is 0 Å². The molecule has 0 amide bonds. The SMILES string of the molecule is COC(=O)[C@H]1C(=O)CC[C@@H]1C(=O)O. The molecule has 0 radical (unpaired) electrons. The third kappa shape index (κ3) is 1.68. The van der Waals surface area contributed by atoms with Crippen molar-refractivity contribution in [2.45, 2.75) is 12.8 Å². The smallest absolute Gasteiger partial charge is 0.317 e. The van der Waals surface area contributed by atoms with Gasteiger partial charge in [-0.15, -0.1) is 0 Å². The van der Waals surface area contributed by atoms with Crippen LogP contribution in [0.3, 0.4) is 0 Å². The molecule has 0 heterocycles. The molecule has 1 rings (SSSR count). The fourth-order valence-electron chi connectivity index (χ4n) is 1.53. The van der Waals surface area contributed by atoms with Crippen molar-refractivity contribution >= 4 is 17.7 Å². The largest absolute Gasteiger partial charge is 0.481 e. The lowest BCUT2D eigenvalue weighted by atomic mass is 9.96. The number of Topliss-reactive ketones (excluding diaryl/α,β-unsaturated/α-hetero) is 1. The molecule has 72 valence electrons. The normalized spacial score (nSPS) is 27.3. The van der Waals surface area contributed by atoms with E-state index in [0.717, 1.165) is 7.11 Å². The Morgan fingerprint density at radius 2 is 2.15 bits per heavy atom. The van der Waals surface area contributed by atoms with E-state index < -0.39 is 23.8 Å². The standard InChI is InChI=1S/C8H10O5/c1-13-8(12)6-4(7(10)11)2-3-5(6)9/h4,6H,2-3H2,1H3,(H,10,11)/t4-,6+/m0/s1. The number of carboxylic acid groups (broad SMARTS) is 1. The monoisotopic (exact) mass is 186 g/mol. The van der Waals surface area contributed by atoms with Gasteiger partial charge in [-0.25, -0.2) is 0 Å². The highest BCUT2D eigenvalue weighted by atomic mass is 16.5. The molecule has 1 aliphatic carbocycles. The molecule has 1 N–H and O–H groups in total. The highest BCUT2D eigenvalue weighted by Crippen LogP contribution is 2.29. The maximum atomic E-state index is 11.1. The van der Waals surface area contributed by atoms with Crippen molar-refractivity contribution in [1.82, 2.24) is 0 Å². The number of carboxylic acids is 1. The summed E-state index contributed by atoms with van der Waals surface area (Å²) < 4.78 is 4.36. The molecule has 5 nitrogen and oxygen atoms in total. The minimum Gasteiger partial charge on any atom is -0.481 e. The third-order valence-electron chi connectivity index (χ3n) is 2.22. The average molecular weight is 186 g/mol. The number of carbonyl (C=O) groups excluding carboxylic acids is 2. The van der Waals surface area contributed by atoms with E-state index in [1.54, 1.807) is 0 Å². The van der Waals surface area contributed by atoms with Crippen LogP contribution in [0.5, 0.6) is 0 Å². The highest BCUT2D eigenvalue weighted by molar-refractivity contribution is 6.04. The Morgan fingerprint density at radius 3 is 2.62 bits per heavy atom. The number of hydrogen-bond donors (Lipinski definition) is 1. The third-order valence-corrected chi connectivity index (χ3v) is 2.22. The lowest BCUT2D eigenvalue weighted by Crippen LogP contribution is -2.30. The molecule has 0 aromatic carbocycles. The summed E-state index contributed by atoms with van der Waals surface area (Å²) in [6.45, 7) is 0. The van der Waals surface area contributed by atoms with Gasteiger partial charge in [-0.2, -0.15) is 0 Å². The maximum absolute atomic E-state index is 11.1. The molecule has 0 spiro atoms. The van der Waals surface area contributed by atoms with Gasteiger partial charge < -0.3 is 9.84 Å². The van der Waals surface area contributed by atoms with Gasteiger partial charge in [-0.05, 0) is 6.42 Å². The van der Waals surface area contributed by atoms with Gasteiger partial charge in [0, 0.05) is 6.42 Å². The number of ketones is 1. The first-order valence-corrected chi connectivity index (χ1v) is 3.91. The first-order chi connectivity index (χ1) is 6.07. The molecule has 5 heteroatoms. The van der Waals surface area contributed by atoms with Crippen LogP contribution in [0, 0.1) is 11.8 Å². The van der Waals surface area contributed by atoms with Gasteiger partial charge in [0.05, 0.1) is 13.0 Å². The Hall–Kier alpha value is -1.39. The predicted molar refractivity (Wildman–Crippen MR) is 40.9 cm³/mol. The summed E-state index contributed by atoms with van der Waals surface area (Å²) in [4.78, 5) is 32.8. The topological polar surface area (TPSA) is 80.7 Å². The van der Waals surface area contributed by atoms with Crippen LogP contribution in [0.1, 0.15) is 12.8 Å². The molecule has 0 saturated heterocycles. The summed E-state index contributed by atoms with van der Waals surface area (Å²) >= 11 is 0. The van der Waals surface area contributed by atoms with Crippen molar-refractivity contribution in [1.29, 1.82) is 0 Å². The molecule has 0 aromatic heterocycles. The Kier molecular flexibility index (Phi) is 2.65. The van der Waals surface area contributed by atoms with E-state index in [9.17, 15) is 14.4 Å². The Balaban J connectivity index is 2.83. The molecule has 1 fully saturated rings. The van der Waals surface area contributed by atoms with Crippen LogP contribution in [0.15, 0.2) is 0 Å². The number of ether oxygens (including phenoxy) is 1. The van der Waals surface area contributed by atoms with Crippen molar-refractivity contribution in [2.75, 3.05) is 7.11 Å². The molecular weight excluding hydrogens is 176 g/mol. The molecule has 0 aliphatic heterocycles. The minimum atomic E-state index is -1.11. The number of aliphatic carboxylic acids is 1. The second-order valence-electron chi connectivity index (χ2n) is 2.95. The van der Waals surface area contributed by atoms with E-state index in [1.165, 1.54) is 0 Å².